The van der Waals surface area contributed by atoms with E-state index < -0.39 is 23.5 Å². The van der Waals surface area contributed by atoms with E-state index in [1.165, 1.54) is 0 Å². The topological polar surface area (TPSA) is 74.2 Å². The lowest BCUT2D eigenvalue weighted by atomic mass is 10.2. The van der Waals surface area contributed by atoms with Gasteiger partial charge >= 0.3 is 12.3 Å². The van der Waals surface area contributed by atoms with Gasteiger partial charge in [-0.1, -0.05) is 0 Å². The predicted molar refractivity (Wildman–Crippen MR) is 55.3 cm³/mol. The van der Waals surface area contributed by atoms with Crippen LogP contribution in [0.15, 0.2) is 0 Å². The summed E-state index contributed by atoms with van der Waals surface area (Å²) in [5.41, 5.74) is -1.25. The van der Waals surface area contributed by atoms with Gasteiger partial charge in [0.15, 0.2) is 0 Å². The number of aliphatic carboxylic acids is 1. The van der Waals surface area contributed by atoms with Crippen LogP contribution in [-0.2, 0) is 24.3 Å². The average molecular weight is 236 g/mol. The first-order valence-electron chi connectivity index (χ1n) is 4.93. The second kappa shape index (κ2) is 5.58. The molecule has 0 aromatic carbocycles. The molecule has 1 N–H and O–H groups in total. The average Bonchev–Trinajstić information content (AvgIpc) is 1.98. The Morgan fingerprint density at radius 2 is 1.25 bits per heavy atom. The van der Waals surface area contributed by atoms with Crippen LogP contribution in [0.1, 0.15) is 41.5 Å². The minimum absolute atomic E-state index is 0.626. The SMILES string of the molecule is CC(C)(C)OOC(OOC(C)(C)C)C(=O)O. The van der Waals surface area contributed by atoms with Crippen LogP contribution in [0.5, 0.6) is 0 Å². The Kier molecular flexibility index (Phi) is 5.34. The third-order valence-corrected chi connectivity index (χ3v) is 0.973. The molecule has 0 heterocycles. The molecular formula is C10H20O6. The Bertz CT molecular complexity index is 206. The Morgan fingerprint density at radius 1 is 0.938 bits per heavy atom. The minimum Gasteiger partial charge on any atom is -0.477 e. The van der Waals surface area contributed by atoms with Crippen molar-refractivity contribution in [3.63, 3.8) is 0 Å². The summed E-state index contributed by atoms with van der Waals surface area (Å²) >= 11 is 0. The lowest BCUT2D eigenvalue weighted by Gasteiger charge is -2.23. The Balaban J connectivity index is 4.15. The molecule has 0 aromatic heterocycles. The summed E-state index contributed by atoms with van der Waals surface area (Å²) in [5.74, 6) is -1.33. The van der Waals surface area contributed by atoms with Gasteiger partial charge in [-0.25, -0.2) is 14.6 Å². The van der Waals surface area contributed by atoms with Crippen molar-refractivity contribution in [3.8, 4) is 0 Å². The molecule has 0 rings (SSSR count). The molecule has 0 aliphatic carbocycles. The van der Waals surface area contributed by atoms with Crippen molar-refractivity contribution in [3.05, 3.63) is 0 Å². The van der Waals surface area contributed by atoms with Crippen molar-refractivity contribution in [2.45, 2.75) is 59.0 Å². The highest BCUT2D eigenvalue weighted by Crippen LogP contribution is 2.13. The molecule has 6 heteroatoms. The van der Waals surface area contributed by atoms with Crippen molar-refractivity contribution < 1.29 is 29.5 Å². The van der Waals surface area contributed by atoms with E-state index in [0.717, 1.165) is 0 Å². The van der Waals surface area contributed by atoms with E-state index in [1.54, 1.807) is 41.5 Å². The van der Waals surface area contributed by atoms with Crippen molar-refractivity contribution in [2.75, 3.05) is 0 Å². The van der Waals surface area contributed by atoms with Gasteiger partial charge in [-0.3, -0.25) is 0 Å². The third-order valence-electron chi connectivity index (χ3n) is 0.973. The van der Waals surface area contributed by atoms with Gasteiger partial charge in [-0.15, -0.1) is 0 Å². The van der Waals surface area contributed by atoms with Crippen LogP contribution in [0.2, 0.25) is 0 Å². The first-order valence-corrected chi connectivity index (χ1v) is 4.93. The smallest absolute Gasteiger partial charge is 0.367 e. The van der Waals surface area contributed by atoms with Crippen LogP contribution in [0.3, 0.4) is 0 Å². The summed E-state index contributed by atoms with van der Waals surface area (Å²) in [6.45, 7) is 10.3. The van der Waals surface area contributed by atoms with E-state index in [4.69, 9.17) is 14.9 Å². The standard InChI is InChI=1S/C10H20O6/c1-9(2,3)15-13-8(7(11)12)14-16-10(4,5)6/h8H,1-6H3,(H,11,12). The summed E-state index contributed by atoms with van der Waals surface area (Å²) in [5, 5.41) is 8.76. The Hall–Kier alpha value is -0.690. The lowest BCUT2D eigenvalue weighted by Crippen LogP contribution is -2.34. The summed E-state index contributed by atoms with van der Waals surface area (Å²) in [6, 6.07) is 0. The number of rotatable bonds is 5. The largest absolute Gasteiger partial charge is 0.477 e. The van der Waals surface area contributed by atoms with Crippen molar-refractivity contribution in [1.82, 2.24) is 0 Å². The van der Waals surface area contributed by atoms with Gasteiger partial charge in [0.25, 0.3) is 0 Å². The van der Waals surface area contributed by atoms with Crippen LogP contribution < -0.4 is 0 Å². The number of hydrogen-bond acceptors (Lipinski definition) is 5. The third kappa shape index (κ3) is 8.60. The molecule has 0 unspecified atom stereocenters. The summed E-state index contributed by atoms with van der Waals surface area (Å²) in [7, 11) is 0. The summed E-state index contributed by atoms with van der Waals surface area (Å²) in [4.78, 5) is 29.6. The van der Waals surface area contributed by atoms with E-state index in [1.807, 2.05) is 0 Å². The quantitative estimate of drug-likeness (QED) is 0.446. The maximum absolute atomic E-state index is 10.7. The zero-order valence-electron chi connectivity index (χ0n) is 10.6. The second-order valence-electron chi connectivity index (χ2n) is 5.25. The molecule has 0 aliphatic heterocycles. The van der Waals surface area contributed by atoms with Gasteiger partial charge in [0.2, 0.25) is 0 Å². The highest BCUT2D eigenvalue weighted by Gasteiger charge is 2.27. The first-order chi connectivity index (χ1) is 7.01. The highest BCUT2D eigenvalue weighted by molar-refractivity contribution is 5.70. The fourth-order valence-corrected chi connectivity index (χ4v) is 0.474. The molecule has 0 radical (unpaired) electrons. The molecule has 0 saturated carbocycles. The molecule has 96 valence electrons. The maximum Gasteiger partial charge on any atom is 0.367 e. The van der Waals surface area contributed by atoms with Gasteiger partial charge < -0.3 is 5.11 Å². The molecule has 0 aliphatic rings. The Morgan fingerprint density at radius 3 is 1.44 bits per heavy atom. The minimum atomic E-state index is -1.61. The van der Waals surface area contributed by atoms with Crippen LogP contribution in [0.4, 0.5) is 0 Å². The fraction of sp³-hybridized carbons (Fsp3) is 0.900. The predicted octanol–water partition coefficient (Wildman–Crippen LogP) is 1.89. The maximum atomic E-state index is 10.7. The molecule has 0 aromatic rings. The van der Waals surface area contributed by atoms with Gasteiger partial charge in [0.05, 0.1) is 11.2 Å². The number of carboxylic acid groups (broad SMARTS) is 1. The Labute approximate surface area is 95.3 Å². The van der Waals surface area contributed by atoms with Crippen LogP contribution in [0.25, 0.3) is 0 Å². The molecule has 16 heavy (non-hydrogen) atoms. The van der Waals surface area contributed by atoms with Crippen molar-refractivity contribution in [1.29, 1.82) is 0 Å². The second-order valence-corrected chi connectivity index (χ2v) is 5.25. The molecule has 6 nitrogen and oxygen atoms in total. The zero-order valence-corrected chi connectivity index (χ0v) is 10.6. The molecule has 0 amide bonds. The van der Waals surface area contributed by atoms with E-state index in [-0.39, 0.29) is 0 Å². The van der Waals surface area contributed by atoms with Gasteiger partial charge in [-0.05, 0) is 41.5 Å². The van der Waals surface area contributed by atoms with Crippen molar-refractivity contribution >= 4 is 5.97 Å². The van der Waals surface area contributed by atoms with Crippen LogP contribution >= 0.6 is 0 Å². The lowest BCUT2D eigenvalue weighted by molar-refractivity contribution is -0.486. The van der Waals surface area contributed by atoms with Crippen LogP contribution in [0, 0.1) is 0 Å². The van der Waals surface area contributed by atoms with Gasteiger partial charge in [0, 0.05) is 0 Å². The van der Waals surface area contributed by atoms with Gasteiger partial charge in [0.1, 0.15) is 0 Å². The number of carboxylic acids is 1. The molecule has 0 atom stereocenters. The fourth-order valence-electron chi connectivity index (χ4n) is 0.474. The highest BCUT2D eigenvalue weighted by atomic mass is 17.3. The van der Waals surface area contributed by atoms with E-state index in [2.05, 4.69) is 9.78 Å². The molecule has 0 saturated heterocycles. The van der Waals surface area contributed by atoms with Crippen LogP contribution in [-0.4, -0.2) is 28.6 Å². The van der Waals surface area contributed by atoms with E-state index in [0.29, 0.717) is 0 Å². The van der Waals surface area contributed by atoms with Gasteiger partial charge in [-0.2, -0.15) is 9.78 Å². The first kappa shape index (κ1) is 15.3. The molecule has 0 fully saturated rings. The monoisotopic (exact) mass is 236 g/mol. The van der Waals surface area contributed by atoms with Crippen molar-refractivity contribution in [2.24, 2.45) is 0 Å². The normalized spacial score (nSPS) is 13.2. The zero-order chi connectivity index (χ0) is 13.0. The number of hydrogen-bond donors (Lipinski definition) is 1. The van der Waals surface area contributed by atoms with E-state index in [9.17, 15) is 4.79 Å². The molecule has 0 bridgehead atoms. The molecular weight excluding hydrogens is 216 g/mol. The molecule has 0 spiro atoms. The summed E-state index contributed by atoms with van der Waals surface area (Å²) in [6.07, 6.45) is -1.61. The van der Waals surface area contributed by atoms with E-state index >= 15 is 0 Å². The summed E-state index contributed by atoms with van der Waals surface area (Å²) < 4.78 is 0. The number of carbonyl (C=O) groups is 1.